The number of nitrogens with one attached hydrogen (secondary N) is 1. The van der Waals surface area contributed by atoms with E-state index in [-0.39, 0.29) is 11.2 Å². The Morgan fingerprint density at radius 1 is 1.16 bits per heavy atom. The lowest BCUT2D eigenvalue weighted by Gasteiger charge is -2.16. The number of tetrazole rings is 1. The SMILES string of the molecule is CC[C@@H](Sc1nnnn1-c1ccccc1)C(=O)NC1=NN=C(c2ccc(C)cc2)CS1. The normalized spacial score (nSPS) is 14.5. The van der Waals surface area contributed by atoms with Gasteiger partial charge >= 0.3 is 0 Å². The lowest BCUT2D eigenvalue weighted by Crippen LogP contribution is -2.37. The second-order valence-corrected chi connectivity index (χ2v) is 8.95. The molecule has 0 spiro atoms. The van der Waals surface area contributed by atoms with Gasteiger partial charge in [-0.3, -0.25) is 4.79 Å². The van der Waals surface area contributed by atoms with Gasteiger partial charge in [-0.1, -0.05) is 78.5 Å². The Morgan fingerprint density at radius 3 is 2.61 bits per heavy atom. The van der Waals surface area contributed by atoms with Crippen LogP contribution in [0.1, 0.15) is 24.5 Å². The summed E-state index contributed by atoms with van der Waals surface area (Å²) in [4.78, 5) is 12.9. The molecule has 10 heteroatoms. The molecular formula is C21H21N7OS2. The quantitative estimate of drug-likeness (QED) is 0.577. The van der Waals surface area contributed by atoms with E-state index in [1.165, 1.54) is 29.1 Å². The first kappa shape index (κ1) is 21.3. The van der Waals surface area contributed by atoms with Crippen molar-refractivity contribution >= 4 is 40.3 Å². The molecule has 3 aromatic rings. The number of carbonyl (C=O) groups excluding carboxylic acids is 1. The van der Waals surface area contributed by atoms with E-state index >= 15 is 0 Å². The highest BCUT2D eigenvalue weighted by molar-refractivity contribution is 8.14. The van der Waals surface area contributed by atoms with Crippen molar-refractivity contribution in [2.45, 2.75) is 30.7 Å². The van der Waals surface area contributed by atoms with Gasteiger partial charge in [0, 0.05) is 5.75 Å². The molecule has 1 aliphatic rings. The minimum atomic E-state index is -0.362. The van der Waals surface area contributed by atoms with E-state index in [9.17, 15) is 4.79 Å². The van der Waals surface area contributed by atoms with Crippen molar-refractivity contribution in [3.8, 4) is 5.69 Å². The number of para-hydroxylation sites is 1. The molecule has 0 fully saturated rings. The maximum atomic E-state index is 12.9. The first-order valence-corrected chi connectivity index (χ1v) is 11.7. The number of amides is 1. The van der Waals surface area contributed by atoms with Crippen LogP contribution in [0.5, 0.6) is 0 Å². The fraction of sp³-hybridized carbons (Fsp3) is 0.238. The summed E-state index contributed by atoms with van der Waals surface area (Å²) in [5, 5.41) is 24.0. The number of carbonyl (C=O) groups is 1. The Labute approximate surface area is 188 Å². The highest BCUT2D eigenvalue weighted by Crippen LogP contribution is 2.25. The fourth-order valence-corrected chi connectivity index (χ4v) is 4.55. The average molecular weight is 452 g/mol. The molecule has 31 heavy (non-hydrogen) atoms. The number of aromatic nitrogens is 4. The first-order valence-electron chi connectivity index (χ1n) is 9.79. The van der Waals surface area contributed by atoms with Gasteiger partial charge in [0.2, 0.25) is 11.1 Å². The van der Waals surface area contributed by atoms with E-state index in [0.29, 0.717) is 22.5 Å². The smallest absolute Gasteiger partial charge is 0.239 e. The van der Waals surface area contributed by atoms with E-state index in [0.717, 1.165) is 17.0 Å². The summed E-state index contributed by atoms with van der Waals surface area (Å²) in [7, 11) is 0. The molecule has 2 aromatic carbocycles. The van der Waals surface area contributed by atoms with Crippen LogP contribution in [-0.4, -0.2) is 48.0 Å². The van der Waals surface area contributed by atoms with E-state index in [2.05, 4.69) is 43.2 Å². The van der Waals surface area contributed by atoms with Crippen LogP contribution in [0.15, 0.2) is 70.0 Å². The maximum absolute atomic E-state index is 12.9. The molecule has 1 aromatic heterocycles. The van der Waals surface area contributed by atoms with Crippen molar-refractivity contribution in [1.82, 2.24) is 25.5 Å². The summed E-state index contributed by atoms with van der Waals surface area (Å²) in [5.74, 6) is 0.508. The molecule has 0 unspecified atom stereocenters. The number of rotatable bonds is 6. The van der Waals surface area contributed by atoms with Crippen LogP contribution in [0.4, 0.5) is 0 Å². The number of thioether (sulfide) groups is 2. The van der Waals surface area contributed by atoms with Gasteiger partial charge in [-0.25, -0.2) is 0 Å². The van der Waals surface area contributed by atoms with Crippen molar-refractivity contribution in [2.75, 3.05) is 5.75 Å². The Bertz CT molecular complexity index is 1110. The Morgan fingerprint density at radius 2 is 1.94 bits per heavy atom. The molecule has 8 nitrogen and oxygen atoms in total. The van der Waals surface area contributed by atoms with Crippen LogP contribution >= 0.6 is 23.5 Å². The molecule has 158 valence electrons. The van der Waals surface area contributed by atoms with E-state index in [1.807, 2.05) is 56.3 Å². The largest absolute Gasteiger partial charge is 0.303 e. The third-order valence-corrected chi connectivity index (χ3v) is 6.75. The minimum Gasteiger partial charge on any atom is -0.303 e. The summed E-state index contributed by atoms with van der Waals surface area (Å²) >= 11 is 2.79. The molecule has 0 radical (unpaired) electrons. The topological polar surface area (TPSA) is 97.4 Å². The first-order chi connectivity index (χ1) is 15.1. The molecule has 2 heterocycles. The lowest BCUT2D eigenvalue weighted by atomic mass is 10.1. The van der Waals surface area contributed by atoms with Crippen molar-refractivity contribution < 1.29 is 4.79 Å². The fourth-order valence-electron chi connectivity index (χ4n) is 2.87. The summed E-state index contributed by atoms with van der Waals surface area (Å²) in [6.45, 7) is 4.00. The van der Waals surface area contributed by atoms with E-state index < -0.39 is 0 Å². The Balaban J connectivity index is 1.42. The van der Waals surface area contributed by atoms with Crippen LogP contribution in [0, 0.1) is 6.92 Å². The highest BCUT2D eigenvalue weighted by Gasteiger charge is 2.24. The summed E-state index contributed by atoms with van der Waals surface area (Å²) in [6, 6.07) is 17.8. The number of aryl methyl sites for hydroxylation is 1. The third kappa shape index (κ3) is 5.20. The summed E-state index contributed by atoms with van der Waals surface area (Å²) in [6.07, 6.45) is 0.619. The van der Waals surface area contributed by atoms with Crippen LogP contribution in [0.3, 0.4) is 0 Å². The lowest BCUT2D eigenvalue weighted by molar-refractivity contribution is -0.119. The molecule has 0 aliphatic carbocycles. The maximum Gasteiger partial charge on any atom is 0.239 e. The molecule has 4 rings (SSSR count). The van der Waals surface area contributed by atoms with Crippen LogP contribution in [-0.2, 0) is 4.79 Å². The van der Waals surface area contributed by atoms with Gasteiger partial charge in [0.1, 0.15) is 0 Å². The average Bonchev–Trinajstić information content (AvgIpc) is 3.27. The van der Waals surface area contributed by atoms with E-state index in [1.54, 1.807) is 4.68 Å². The van der Waals surface area contributed by atoms with Gasteiger partial charge in [-0.15, -0.1) is 10.2 Å². The molecule has 1 aliphatic heterocycles. The van der Waals surface area contributed by atoms with Gasteiger partial charge < -0.3 is 5.32 Å². The molecule has 1 amide bonds. The van der Waals surface area contributed by atoms with E-state index in [4.69, 9.17) is 0 Å². The highest BCUT2D eigenvalue weighted by atomic mass is 32.2. The van der Waals surface area contributed by atoms with Crippen LogP contribution in [0.25, 0.3) is 5.69 Å². The molecule has 0 saturated heterocycles. The van der Waals surface area contributed by atoms with Gasteiger partial charge in [0.05, 0.1) is 16.6 Å². The summed E-state index contributed by atoms with van der Waals surface area (Å²) < 4.78 is 1.63. The molecule has 0 bridgehead atoms. The van der Waals surface area contributed by atoms with Crippen molar-refractivity contribution in [2.24, 2.45) is 10.2 Å². The molecular weight excluding hydrogens is 430 g/mol. The third-order valence-electron chi connectivity index (χ3n) is 4.57. The zero-order valence-corrected chi connectivity index (χ0v) is 18.7. The van der Waals surface area contributed by atoms with Crippen molar-refractivity contribution in [3.05, 3.63) is 65.7 Å². The minimum absolute atomic E-state index is 0.143. The van der Waals surface area contributed by atoms with Gasteiger partial charge in [-0.05, 0) is 41.5 Å². The predicted octanol–water partition coefficient (Wildman–Crippen LogP) is 3.46. The number of nitrogens with zero attached hydrogens (tertiary/aromatic N) is 6. The second-order valence-electron chi connectivity index (χ2n) is 6.82. The van der Waals surface area contributed by atoms with Crippen molar-refractivity contribution in [3.63, 3.8) is 0 Å². The number of hydrogen-bond donors (Lipinski definition) is 1. The summed E-state index contributed by atoms with van der Waals surface area (Å²) in [5.41, 5.74) is 3.98. The van der Waals surface area contributed by atoms with Crippen molar-refractivity contribution in [1.29, 1.82) is 0 Å². The van der Waals surface area contributed by atoms with Gasteiger partial charge in [0.15, 0.2) is 5.17 Å². The standard InChI is InChI=1S/C21H21N7OS2/c1-3-18(31-21-25-26-27-28(21)16-7-5-4-6-8-16)19(29)22-20-24-23-17(13-30-20)15-11-9-14(2)10-12-15/h4-12,18H,3,13H2,1-2H3,(H,22,24,29)/t18-/m1/s1. The predicted molar refractivity (Wildman–Crippen MR) is 125 cm³/mol. The Kier molecular flexibility index (Phi) is 6.78. The zero-order valence-electron chi connectivity index (χ0n) is 17.1. The number of benzene rings is 2. The number of amidine groups is 1. The molecule has 1 atom stereocenters. The molecule has 0 saturated carbocycles. The molecule has 1 N–H and O–H groups in total. The monoisotopic (exact) mass is 451 g/mol. The zero-order chi connectivity index (χ0) is 21.6. The van der Waals surface area contributed by atoms with Gasteiger partial charge in [0.25, 0.3) is 0 Å². The Hall–Kier alpha value is -2.98. The van der Waals surface area contributed by atoms with Gasteiger partial charge in [-0.2, -0.15) is 9.78 Å². The van der Waals surface area contributed by atoms with Crippen LogP contribution in [0.2, 0.25) is 0 Å². The number of hydrogen-bond acceptors (Lipinski definition) is 8. The van der Waals surface area contributed by atoms with Crippen LogP contribution < -0.4 is 5.32 Å². The second kappa shape index (κ2) is 9.88.